The van der Waals surface area contributed by atoms with E-state index in [1.807, 2.05) is 36.4 Å². The van der Waals surface area contributed by atoms with Gasteiger partial charge in [0.15, 0.2) is 5.11 Å². The van der Waals surface area contributed by atoms with Gasteiger partial charge in [-0.05, 0) is 60.3 Å². The first-order valence-corrected chi connectivity index (χ1v) is 11.0. The van der Waals surface area contributed by atoms with E-state index in [1.165, 1.54) is 14.4 Å². The van der Waals surface area contributed by atoms with Gasteiger partial charge in [-0.15, -0.1) is 0 Å². The predicted molar refractivity (Wildman–Crippen MR) is 137 cm³/mol. The average molecular weight is 469 g/mol. The third-order valence-corrected chi connectivity index (χ3v) is 6.25. The number of hydrogen-bond acceptors (Lipinski definition) is 4. The van der Waals surface area contributed by atoms with Gasteiger partial charge in [-0.2, -0.15) is 0 Å². The number of rotatable bonds is 3. The number of nitrogens with zero attached hydrogens (tertiary/aromatic N) is 4. The van der Waals surface area contributed by atoms with Crippen LogP contribution in [0.5, 0.6) is 0 Å². The lowest BCUT2D eigenvalue weighted by Gasteiger charge is -2.36. The van der Waals surface area contributed by atoms with Gasteiger partial charge in [-0.1, -0.05) is 42.5 Å². The number of aryl methyl sites for hydroxylation is 2. The van der Waals surface area contributed by atoms with Crippen LogP contribution in [0.4, 0.5) is 11.4 Å². The topological polar surface area (TPSA) is 67.6 Å². The number of benzene rings is 3. The van der Waals surface area contributed by atoms with Crippen LogP contribution in [0, 0.1) is 0 Å². The first-order chi connectivity index (χ1) is 16.4. The third kappa shape index (κ3) is 3.36. The van der Waals surface area contributed by atoms with Crippen LogP contribution in [0.3, 0.4) is 0 Å². The Hall–Kier alpha value is -4.30. The molecule has 5 rings (SSSR count). The molecular weight excluding hydrogens is 448 g/mol. The number of carbonyl (C=O) groups excluding carboxylic acids is 2. The number of imidazole rings is 1. The van der Waals surface area contributed by atoms with Crippen molar-refractivity contribution in [2.75, 3.05) is 9.80 Å². The number of para-hydroxylation sites is 2. The molecule has 8 heteroatoms. The van der Waals surface area contributed by atoms with Gasteiger partial charge in [0.05, 0.1) is 22.4 Å². The smallest absolute Gasteiger partial charge is 0.295 e. The second kappa shape index (κ2) is 8.24. The van der Waals surface area contributed by atoms with Crippen molar-refractivity contribution >= 4 is 57.6 Å². The van der Waals surface area contributed by atoms with E-state index in [0.29, 0.717) is 22.5 Å². The highest BCUT2D eigenvalue weighted by Gasteiger charge is 2.41. The van der Waals surface area contributed by atoms with Gasteiger partial charge < -0.3 is 0 Å². The van der Waals surface area contributed by atoms with Crippen LogP contribution < -0.4 is 15.5 Å². The monoisotopic (exact) mass is 468 g/mol. The largest absolute Gasteiger partial charge is 0.328 e. The van der Waals surface area contributed by atoms with Crippen LogP contribution >= 0.6 is 12.2 Å². The van der Waals surface area contributed by atoms with E-state index >= 15 is 0 Å². The lowest BCUT2D eigenvalue weighted by Crippen LogP contribution is -2.56. The molecule has 1 aromatic heterocycles. The molecule has 0 bridgehead atoms. The van der Waals surface area contributed by atoms with E-state index in [-0.39, 0.29) is 16.4 Å². The van der Waals surface area contributed by atoms with Crippen LogP contribution in [0.1, 0.15) is 5.56 Å². The maximum Gasteiger partial charge on any atom is 0.328 e. The number of amides is 2. The molecule has 0 N–H and O–H groups in total. The summed E-state index contributed by atoms with van der Waals surface area (Å²) < 4.78 is 3.08. The zero-order valence-corrected chi connectivity index (χ0v) is 19.3. The number of aromatic nitrogens is 2. The van der Waals surface area contributed by atoms with E-state index < -0.39 is 11.8 Å². The van der Waals surface area contributed by atoms with Crippen molar-refractivity contribution < 1.29 is 9.59 Å². The summed E-state index contributed by atoms with van der Waals surface area (Å²) in [6.45, 7) is 0. The maximum atomic E-state index is 13.6. The van der Waals surface area contributed by atoms with Crippen molar-refractivity contribution in [3.63, 3.8) is 0 Å². The molecule has 0 atom stereocenters. The van der Waals surface area contributed by atoms with Crippen molar-refractivity contribution in [2.45, 2.75) is 0 Å². The van der Waals surface area contributed by atoms with E-state index in [2.05, 4.69) is 0 Å². The van der Waals surface area contributed by atoms with E-state index in [4.69, 9.17) is 12.2 Å². The number of anilines is 2. The predicted octanol–water partition coefficient (Wildman–Crippen LogP) is 3.63. The minimum Gasteiger partial charge on any atom is -0.295 e. The summed E-state index contributed by atoms with van der Waals surface area (Å²) in [6, 6.07) is 23.4. The summed E-state index contributed by atoms with van der Waals surface area (Å²) in [6.07, 6.45) is 1.55. The highest BCUT2D eigenvalue weighted by Crippen LogP contribution is 2.30. The molecule has 0 unspecified atom stereocenters. The van der Waals surface area contributed by atoms with E-state index in [0.717, 1.165) is 5.52 Å². The Bertz CT molecular complexity index is 1490. The SMILES string of the molecule is Cn1c(=O)n(C)c2cc(C=C3C(=O)N(c4ccccc4)C(=S)N(c4ccccc4)C3=O)ccc21. The van der Waals surface area contributed by atoms with Gasteiger partial charge in [0, 0.05) is 14.1 Å². The van der Waals surface area contributed by atoms with Crippen LogP contribution in [0.25, 0.3) is 17.1 Å². The van der Waals surface area contributed by atoms with Gasteiger partial charge in [-0.3, -0.25) is 28.5 Å². The molecule has 0 aliphatic carbocycles. The minimum atomic E-state index is -0.504. The standard InChI is InChI=1S/C26H20N4O3S/c1-27-21-14-13-17(16-22(21)28(2)25(27)33)15-20-23(31)29(18-9-5-3-6-10-18)26(34)30(24(20)32)19-11-7-4-8-12-19/h3-16H,1-2H3. The van der Waals surface area contributed by atoms with Crippen LogP contribution in [-0.4, -0.2) is 26.1 Å². The maximum absolute atomic E-state index is 13.6. The zero-order chi connectivity index (χ0) is 24.0. The summed E-state index contributed by atoms with van der Waals surface area (Å²) in [4.78, 5) is 42.2. The van der Waals surface area contributed by atoms with Crippen molar-refractivity contribution in [3.05, 3.63) is 100 Å². The molecule has 34 heavy (non-hydrogen) atoms. The fraction of sp³-hybridized carbons (Fsp3) is 0.0769. The van der Waals surface area contributed by atoms with E-state index in [1.54, 1.807) is 67.2 Å². The molecule has 3 aromatic carbocycles. The van der Waals surface area contributed by atoms with Gasteiger partial charge in [0.2, 0.25) is 0 Å². The van der Waals surface area contributed by atoms with E-state index in [9.17, 15) is 14.4 Å². The van der Waals surface area contributed by atoms with Crippen LogP contribution in [-0.2, 0) is 23.7 Å². The first kappa shape index (κ1) is 21.5. The summed E-state index contributed by atoms with van der Waals surface area (Å²) in [7, 11) is 3.39. The van der Waals surface area contributed by atoms with Gasteiger partial charge in [-0.25, -0.2) is 4.79 Å². The molecule has 168 valence electrons. The number of fused-ring (bicyclic) bond motifs is 1. The summed E-state index contributed by atoms with van der Waals surface area (Å²) >= 11 is 5.62. The quantitative estimate of drug-likeness (QED) is 0.262. The summed E-state index contributed by atoms with van der Waals surface area (Å²) in [5.74, 6) is -1.01. The van der Waals surface area contributed by atoms with Crippen molar-refractivity contribution in [3.8, 4) is 0 Å². The fourth-order valence-corrected chi connectivity index (χ4v) is 4.50. The minimum absolute atomic E-state index is 0.0263. The molecule has 2 amide bonds. The second-order valence-electron chi connectivity index (χ2n) is 7.94. The Morgan fingerprint density at radius 1 is 0.676 bits per heavy atom. The lowest BCUT2D eigenvalue weighted by molar-refractivity contribution is -0.120. The Kier molecular flexibility index (Phi) is 5.22. The van der Waals surface area contributed by atoms with Crippen LogP contribution in [0.15, 0.2) is 89.2 Å². The highest BCUT2D eigenvalue weighted by molar-refractivity contribution is 7.81. The second-order valence-corrected chi connectivity index (χ2v) is 8.31. The molecule has 4 aromatic rings. The Balaban J connectivity index is 1.68. The number of thiocarbonyl (C=S) groups is 1. The van der Waals surface area contributed by atoms with Crippen molar-refractivity contribution in [1.29, 1.82) is 0 Å². The van der Waals surface area contributed by atoms with Gasteiger partial charge in [0.1, 0.15) is 5.57 Å². The third-order valence-electron chi connectivity index (χ3n) is 5.89. The summed E-state index contributed by atoms with van der Waals surface area (Å²) in [5.41, 5.74) is 3.04. The summed E-state index contributed by atoms with van der Waals surface area (Å²) in [5, 5.41) is 0.0884. The van der Waals surface area contributed by atoms with Crippen molar-refractivity contribution in [2.24, 2.45) is 14.1 Å². The zero-order valence-electron chi connectivity index (χ0n) is 18.5. The lowest BCUT2D eigenvalue weighted by atomic mass is 10.0. The van der Waals surface area contributed by atoms with Crippen LogP contribution in [0.2, 0.25) is 0 Å². The molecule has 7 nitrogen and oxygen atoms in total. The number of hydrogen-bond donors (Lipinski definition) is 0. The molecule has 1 aliphatic heterocycles. The molecule has 0 spiro atoms. The molecule has 1 saturated heterocycles. The average Bonchev–Trinajstić information content (AvgIpc) is 3.07. The molecule has 2 heterocycles. The Morgan fingerprint density at radius 3 is 1.71 bits per heavy atom. The van der Waals surface area contributed by atoms with Gasteiger partial charge in [0.25, 0.3) is 11.8 Å². The molecular formula is C26H20N4O3S. The highest BCUT2D eigenvalue weighted by atomic mass is 32.1. The molecule has 0 radical (unpaired) electrons. The normalized spacial score (nSPS) is 14.3. The molecule has 1 fully saturated rings. The first-order valence-electron chi connectivity index (χ1n) is 10.6. The Morgan fingerprint density at radius 2 is 1.18 bits per heavy atom. The van der Waals surface area contributed by atoms with Crippen molar-refractivity contribution in [1.82, 2.24) is 9.13 Å². The van der Waals surface area contributed by atoms with Gasteiger partial charge >= 0.3 is 5.69 Å². The molecule has 1 aliphatic rings. The Labute approximate surface area is 200 Å². The number of carbonyl (C=O) groups is 2. The molecule has 0 saturated carbocycles. The fourth-order valence-electron chi connectivity index (χ4n) is 4.12.